The Hall–Kier alpha value is -1.14. The van der Waals surface area contributed by atoms with Crippen LogP contribution in [0.1, 0.15) is 20.3 Å². The van der Waals surface area contributed by atoms with Crippen LogP contribution in [0.5, 0.6) is 0 Å². The maximum Gasteiger partial charge on any atom is 0.278 e. The predicted molar refractivity (Wildman–Crippen MR) is 51.4 cm³/mol. The fourth-order valence-electron chi connectivity index (χ4n) is 1.63. The van der Waals surface area contributed by atoms with Crippen LogP contribution in [0, 0.1) is 0 Å². The molecule has 6 heteroatoms. The Morgan fingerprint density at radius 3 is 2.00 bits per heavy atom. The number of amides is 2. The molecular formula is C9H16N2O4. The van der Waals surface area contributed by atoms with Crippen molar-refractivity contribution >= 4 is 11.8 Å². The minimum Gasteiger partial charge on any atom is -0.363 e. The Morgan fingerprint density at radius 1 is 1.13 bits per heavy atom. The number of rotatable bonds is 1. The average molecular weight is 216 g/mol. The second-order valence-electron chi connectivity index (χ2n) is 3.92. The summed E-state index contributed by atoms with van der Waals surface area (Å²) >= 11 is 0. The zero-order chi connectivity index (χ0) is 12.0. The van der Waals surface area contributed by atoms with E-state index >= 15 is 0 Å². The lowest BCUT2D eigenvalue weighted by atomic mass is 9.99. The minimum absolute atomic E-state index is 0.0779. The Morgan fingerprint density at radius 2 is 1.60 bits per heavy atom. The van der Waals surface area contributed by atoms with Gasteiger partial charge < -0.3 is 20.0 Å². The van der Waals surface area contributed by atoms with E-state index in [1.807, 2.05) is 0 Å². The molecule has 1 saturated heterocycles. The van der Waals surface area contributed by atoms with E-state index in [9.17, 15) is 19.8 Å². The third-order valence-electron chi connectivity index (χ3n) is 3.06. The topological polar surface area (TPSA) is 81.1 Å². The van der Waals surface area contributed by atoms with Crippen LogP contribution in [0.4, 0.5) is 0 Å². The maximum absolute atomic E-state index is 11.8. The summed E-state index contributed by atoms with van der Waals surface area (Å²) in [6.07, 6.45) is 0.0779. The molecule has 1 aliphatic heterocycles. The van der Waals surface area contributed by atoms with Crippen molar-refractivity contribution in [2.45, 2.75) is 31.7 Å². The quantitative estimate of drug-likeness (QED) is 0.572. The summed E-state index contributed by atoms with van der Waals surface area (Å²) in [6, 6.07) is 0. The normalized spacial score (nSPS) is 37.5. The Labute approximate surface area is 88.1 Å². The first-order valence-corrected chi connectivity index (χ1v) is 4.70. The minimum atomic E-state index is -1.90. The third-order valence-corrected chi connectivity index (χ3v) is 3.06. The highest BCUT2D eigenvalue weighted by Gasteiger charge is 2.56. The molecular weight excluding hydrogens is 200 g/mol. The fraction of sp³-hybridized carbons (Fsp3) is 0.778. The largest absolute Gasteiger partial charge is 0.363 e. The standard InChI is InChI=1S/C9H16N2O4/c1-5-9(15)7(13)10(3)8(2,14)6(12)11(9)4/h14-15H,5H2,1-4H3. The molecule has 2 unspecified atom stereocenters. The van der Waals surface area contributed by atoms with Gasteiger partial charge in [0.2, 0.25) is 11.4 Å². The van der Waals surface area contributed by atoms with Gasteiger partial charge in [0, 0.05) is 20.5 Å². The molecule has 2 atom stereocenters. The number of carbonyl (C=O) groups excluding carboxylic acids is 2. The highest BCUT2D eigenvalue weighted by Crippen LogP contribution is 2.29. The van der Waals surface area contributed by atoms with Gasteiger partial charge in [0.05, 0.1) is 0 Å². The molecule has 15 heavy (non-hydrogen) atoms. The Kier molecular flexibility index (Phi) is 2.53. The summed E-state index contributed by atoms with van der Waals surface area (Å²) in [5.41, 5.74) is -3.75. The Balaban J connectivity index is 3.23. The number of carbonyl (C=O) groups is 2. The second-order valence-corrected chi connectivity index (χ2v) is 3.92. The molecule has 86 valence electrons. The predicted octanol–water partition coefficient (Wildman–Crippen LogP) is -1.28. The van der Waals surface area contributed by atoms with Gasteiger partial charge in [-0.05, 0) is 6.92 Å². The van der Waals surface area contributed by atoms with Gasteiger partial charge in [0.1, 0.15) is 0 Å². The smallest absolute Gasteiger partial charge is 0.278 e. The monoisotopic (exact) mass is 216 g/mol. The molecule has 1 fully saturated rings. The number of hydrogen-bond donors (Lipinski definition) is 2. The molecule has 0 spiro atoms. The first-order chi connectivity index (χ1) is 6.69. The fourth-order valence-corrected chi connectivity index (χ4v) is 1.63. The van der Waals surface area contributed by atoms with Crippen LogP contribution in [0.3, 0.4) is 0 Å². The molecule has 2 amide bonds. The zero-order valence-electron chi connectivity index (χ0n) is 9.31. The van der Waals surface area contributed by atoms with Gasteiger partial charge >= 0.3 is 0 Å². The Bertz CT molecular complexity index is 315. The van der Waals surface area contributed by atoms with Gasteiger partial charge in [-0.25, -0.2) is 0 Å². The van der Waals surface area contributed by atoms with E-state index in [4.69, 9.17) is 0 Å². The molecule has 1 heterocycles. The van der Waals surface area contributed by atoms with Crippen molar-refractivity contribution in [3.05, 3.63) is 0 Å². The van der Waals surface area contributed by atoms with Crippen molar-refractivity contribution in [3.8, 4) is 0 Å². The lowest BCUT2D eigenvalue weighted by Crippen LogP contribution is -2.74. The molecule has 0 aromatic carbocycles. The van der Waals surface area contributed by atoms with Gasteiger partial charge in [-0.3, -0.25) is 9.59 Å². The van der Waals surface area contributed by atoms with Gasteiger partial charge in [0.15, 0.2) is 0 Å². The summed E-state index contributed by atoms with van der Waals surface area (Å²) in [7, 11) is 2.58. The van der Waals surface area contributed by atoms with E-state index in [0.717, 1.165) is 9.80 Å². The number of likely N-dealkylation sites (N-methyl/N-ethyl adjacent to an activating group) is 2. The van der Waals surface area contributed by atoms with Crippen molar-refractivity contribution in [3.63, 3.8) is 0 Å². The van der Waals surface area contributed by atoms with E-state index in [0.29, 0.717) is 0 Å². The van der Waals surface area contributed by atoms with Crippen molar-refractivity contribution in [1.82, 2.24) is 9.80 Å². The van der Waals surface area contributed by atoms with Crippen LogP contribution < -0.4 is 0 Å². The van der Waals surface area contributed by atoms with Crippen LogP contribution in [0.2, 0.25) is 0 Å². The van der Waals surface area contributed by atoms with E-state index in [-0.39, 0.29) is 6.42 Å². The highest BCUT2D eigenvalue weighted by atomic mass is 16.4. The summed E-state index contributed by atoms with van der Waals surface area (Å²) in [5.74, 6) is -1.38. The van der Waals surface area contributed by atoms with Crippen LogP contribution >= 0.6 is 0 Å². The van der Waals surface area contributed by atoms with Gasteiger partial charge in [-0.1, -0.05) is 6.92 Å². The van der Waals surface area contributed by atoms with Gasteiger partial charge in [-0.15, -0.1) is 0 Å². The van der Waals surface area contributed by atoms with Crippen molar-refractivity contribution in [2.24, 2.45) is 0 Å². The number of aliphatic hydroxyl groups is 2. The SMILES string of the molecule is CCC1(O)C(=O)N(C)C(C)(O)C(=O)N1C. The van der Waals surface area contributed by atoms with E-state index < -0.39 is 23.3 Å². The zero-order valence-corrected chi connectivity index (χ0v) is 9.31. The molecule has 0 aromatic rings. The molecule has 2 N–H and O–H groups in total. The third kappa shape index (κ3) is 1.32. The van der Waals surface area contributed by atoms with Gasteiger partial charge in [0.25, 0.3) is 11.8 Å². The van der Waals surface area contributed by atoms with E-state index in [1.54, 1.807) is 6.92 Å². The van der Waals surface area contributed by atoms with Crippen molar-refractivity contribution in [2.75, 3.05) is 14.1 Å². The van der Waals surface area contributed by atoms with Crippen LogP contribution in [-0.4, -0.2) is 57.4 Å². The molecule has 1 rings (SSSR count). The summed E-state index contributed by atoms with van der Waals surface area (Å²) in [5, 5.41) is 19.8. The molecule has 1 aliphatic rings. The highest BCUT2D eigenvalue weighted by molar-refractivity contribution is 5.99. The first-order valence-electron chi connectivity index (χ1n) is 4.70. The molecule has 0 radical (unpaired) electrons. The summed E-state index contributed by atoms with van der Waals surface area (Å²) in [4.78, 5) is 25.2. The van der Waals surface area contributed by atoms with Crippen molar-refractivity contribution < 1.29 is 19.8 Å². The number of hydrogen-bond acceptors (Lipinski definition) is 4. The first kappa shape index (κ1) is 11.9. The van der Waals surface area contributed by atoms with Crippen molar-refractivity contribution in [1.29, 1.82) is 0 Å². The molecule has 6 nitrogen and oxygen atoms in total. The second kappa shape index (κ2) is 3.18. The molecule has 0 aliphatic carbocycles. The lowest BCUT2D eigenvalue weighted by Gasteiger charge is -2.49. The lowest BCUT2D eigenvalue weighted by molar-refractivity contribution is -0.224. The number of nitrogens with zero attached hydrogens (tertiary/aromatic N) is 2. The van der Waals surface area contributed by atoms with Crippen LogP contribution in [0.25, 0.3) is 0 Å². The van der Waals surface area contributed by atoms with Crippen LogP contribution in [0.15, 0.2) is 0 Å². The van der Waals surface area contributed by atoms with Crippen LogP contribution in [-0.2, 0) is 9.59 Å². The van der Waals surface area contributed by atoms with Gasteiger partial charge in [-0.2, -0.15) is 0 Å². The molecule has 0 bridgehead atoms. The van der Waals surface area contributed by atoms with E-state index in [2.05, 4.69) is 0 Å². The summed E-state index contributed by atoms with van der Waals surface area (Å²) in [6.45, 7) is 2.81. The maximum atomic E-state index is 11.8. The molecule has 0 aromatic heterocycles. The molecule has 0 saturated carbocycles. The number of piperazine rings is 1. The van der Waals surface area contributed by atoms with E-state index in [1.165, 1.54) is 21.0 Å². The average Bonchev–Trinajstić information content (AvgIpc) is 2.21. The summed E-state index contributed by atoms with van der Waals surface area (Å²) < 4.78 is 0.